The molecule has 0 aliphatic carbocycles. The topological polar surface area (TPSA) is 55.2 Å². The van der Waals surface area contributed by atoms with Crippen molar-refractivity contribution in [2.45, 2.75) is 46.1 Å². The Hall–Kier alpha value is -2.17. The van der Waals surface area contributed by atoms with Crippen molar-refractivity contribution < 1.29 is 4.79 Å². The average Bonchev–Trinajstić information content (AvgIpc) is 2.60. The van der Waals surface area contributed by atoms with Gasteiger partial charge >= 0.3 is 0 Å². The molecule has 2 aliphatic heterocycles. The number of hydrogen-bond donors (Lipinski definition) is 0. The highest BCUT2D eigenvalue weighted by molar-refractivity contribution is 5.97. The summed E-state index contributed by atoms with van der Waals surface area (Å²) in [6.45, 7) is 6.76. The molecule has 0 saturated carbocycles. The summed E-state index contributed by atoms with van der Waals surface area (Å²) < 4.78 is 1.79. The molecular weight excluding hydrogens is 314 g/mol. The minimum atomic E-state index is 0.0268. The first-order valence-corrected chi connectivity index (χ1v) is 9.35. The lowest BCUT2D eigenvalue weighted by molar-refractivity contribution is 0.0623. The molecule has 132 valence electrons. The van der Waals surface area contributed by atoms with Crippen LogP contribution < -0.4 is 5.56 Å². The minimum Gasteiger partial charge on any atom is -0.338 e. The fourth-order valence-electron chi connectivity index (χ4n) is 4.39. The highest BCUT2D eigenvalue weighted by Gasteiger charge is 2.26. The molecule has 0 spiro atoms. The van der Waals surface area contributed by atoms with Gasteiger partial charge in [0.1, 0.15) is 5.82 Å². The van der Waals surface area contributed by atoms with Crippen LogP contribution in [-0.2, 0) is 13.0 Å². The van der Waals surface area contributed by atoms with E-state index in [2.05, 4.69) is 18.8 Å². The van der Waals surface area contributed by atoms with Crippen LogP contribution in [0, 0.1) is 11.8 Å². The average molecular weight is 339 g/mol. The van der Waals surface area contributed by atoms with Crippen molar-refractivity contribution in [3.05, 3.63) is 39.9 Å². The van der Waals surface area contributed by atoms with Gasteiger partial charge in [0.15, 0.2) is 0 Å². The number of hydrogen-bond acceptors (Lipinski definition) is 3. The zero-order valence-corrected chi connectivity index (χ0v) is 15.0. The van der Waals surface area contributed by atoms with Crippen LogP contribution >= 0.6 is 0 Å². The summed E-state index contributed by atoms with van der Waals surface area (Å²) in [6, 6.07) is 5.36. The molecule has 5 nitrogen and oxygen atoms in total. The van der Waals surface area contributed by atoms with Crippen LogP contribution in [0.2, 0.25) is 0 Å². The van der Waals surface area contributed by atoms with E-state index in [1.165, 1.54) is 6.42 Å². The Bertz CT molecular complexity index is 876. The second kappa shape index (κ2) is 6.28. The van der Waals surface area contributed by atoms with Gasteiger partial charge < -0.3 is 4.90 Å². The Morgan fingerprint density at radius 3 is 2.68 bits per heavy atom. The van der Waals surface area contributed by atoms with Gasteiger partial charge in [0.25, 0.3) is 11.5 Å². The van der Waals surface area contributed by atoms with E-state index in [4.69, 9.17) is 0 Å². The Morgan fingerprint density at radius 2 is 1.92 bits per heavy atom. The molecule has 0 bridgehead atoms. The van der Waals surface area contributed by atoms with Gasteiger partial charge in [-0.1, -0.05) is 13.8 Å². The van der Waals surface area contributed by atoms with Crippen molar-refractivity contribution in [2.24, 2.45) is 11.8 Å². The van der Waals surface area contributed by atoms with E-state index < -0.39 is 0 Å². The van der Waals surface area contributed by atoms with E-state index >= 15 is 0 Å². The number of aryl methyl sites for hydroxylation is 1. The van der Waals surface area contributed by atoms with Crippen LogP contribution in [0.3, 0.4) is 0 Å². The molecule has 2 aromatic rings. The summed E-state index contributed by atoms with van der Waals surface area (Å²) in [5.41, 5.74) is 1.32. The zero-order valence-electron chi connectivity index (χ0n) is 15.0. The minimum absolute atomic E-state index is 0.0268. The standard InChI is InChI=1S/C20H25N3O2/c1-13-9-14(2)12-22(11-13)19(24)15-6-7-16-17(10-15)21-18-5-3-4-8-23(18)20(16)25/h6-7,10,13-14H,3-5,8-9,11-12H2,1-2H3/t13-,14-/m1/s1. The van der Waals surface area contributed by atoms with Crippen LogP contribution in [0.25, 0.3) is 10.9 Å². The first-order chi connectivity index (χ1) is 12.0. The van der Waals surface area contributed by atoms with Crippen molar-refractivity contribution in [2.75, 3.05) is 13.1 Å². The molecule has 4 rings (SSSR count). The van der Waals surface area contributed by atoms with Crippen molar-refractivity contribution >= 4 is 16.8 Å². The van der Waals surface area contributed by atoms with Crippen molar-refractivity contribution in [3.63, 3.8) is 0 Å². The molecular formula is C20H25N3O2. The smallest absolute Gasteiger partial charge is 0.261 e. The van der Waals surface area contributed by atoms with Crippen LogP contribution in [0.5, 0.6) is 0 Å². The van der Waals surface area contributed by atoms with E-state index in [9.17, 15) is 9.59 Å². The van der Waals surface area contributed by atoms with Crippen molar-refractivity contribution in [1.82, 2.24) is 14.5 Å². The summed E-state index contributed by atoms with van der Waals surface area (Å²) in [5, 5.41) is 0.614. The maximum Gasteiger partial charge on any atom is 0.261 e. The molecule has 1 aromatic carbocycles. The molecule has 0 unspecified atom stereocenters. The van der Waals surface area contributed by atoms with Gasteiger partial charge in [-0.15, -0.1) is 0 Å². The number of likely N-dealkylation sites (tertiary alicyclic amines) is 1. The highest BCUT2D eigenvalue weighted by Crippen LogP contribution is 2.23. The van der Waals surface area contributed by atoms with Crippen LogP contribution in [0.1, 0.15) is 49.3 Å². The number of aromatic nitrogens is 2. The maximum absolute atomic E-state index is 12.9. The van der Waals surface area contributed by atoms with Crippen molar-refractivity contribution in [3.8, 4) is 0 Å². The SMILES string of the molecule is C[C@@H]1C[C@@H](C)CN(C(=O)c2ccc3c(=O)n4c(nc3c2)CCCC4)C1. The molecule has 0 radical (unpaired) electrons. The molecule has 5 heteroatoms. The van der Waals surface area contributed by atoms with E-state index in [-0.39, 0.29) is 11.5 Å². The van der Waals surface area contributed by atoms with Crippen LogP contribution in [0.15, 0.2) is 23.0 Å². The third-order valence-electron chi connectivity index (χ3n) is 5.47. The lowest BCUT2D eigenvalue weighted by Crippen LogP contribution is -2.42. The summed E-state index contributed by atoms with van der Waals surface area (Å²) in [4.78, 5) is 32.2. The summed E-state index contributed by atoms with van der Waals surface area (Å²) in [7, 11) is 0. The third kappa shape index (κ3) is 2.96. The molecule has 2 atom stereocenters. The normalized spacial score (nSPS) is 23.5. The van der Waals surface area contributed by atoms with Gasteiger partial charge in [-0.2, -0.15) is 0 Å². The summed E-state index contributed by atoms with van der Waals surface area (Å²) >= 11 is 0. The molecule has 1 fully saturated rings. The Kier molecular flexibility index (Phi) is 4.10. The number of carbonyl (C=O) groups excluding carboxylic acids is 1. The lowest BCUT2D eigenvalue weighted by Gasteiger charge is -2.35. The fourth-order valence-corrected chi connectivity index (χ4v) is 4.39. The molecule has 2 aliphatic rings. The highest BCUT2D eigenvalue weighted by atomic mass is 16.2. The summed E-state index contributed by atoms with van der Waals surface area (Å²) in [5.74, 6) is 1.97. The Balaban J connectivity index is 1.71. The Labute approximate surface area is 147 Å². The predicted octanol–water partition coefficient (Wildman–Crippen LogP) is 2.85. The fraction of sp³-hybridized carbons (Fsp3) is 0.550. The second-order valence-corrected chi connectivity index (χ2v) is 7.83. The summed E-state index contributed by atoms with van der Waals surface area (Å²) in [6.07, 6.45) is 4.11. The van der Waals surface area contributed by atoms with E-state index in [0.29, 0.717) is 28.3 Å². The number of rotatable bonds is 1. The molecule has 25 heavy (non-hydrogen) atoms. The molecule has 1 aromatic heterocycles. The second-order valence-electron chi connectivity index (χ2n) is 7.83. The number of nitrogens with zero attached hydrogens (tertiary/aromatic N) is 3. The first-order valence-electron chi connectivity index (χ1n) is 9.35. The maximum atomic E-state index is 12.9. The van der Waals surface area contributed by atoms with E-state index in [1.807, 2.05) is 4.90 Å². The van der Waals surface area contributed by atoms with E-state index in [0.717, 1.165) is 44.7 Å². The molecule has 0 N–H and O–H groups in total. The number of piperidine rings is 1. The third-order valence-corrected chi connectivity index (χ3v) is 5.47. The van der Waals surface area contributed by atoms with Gasteiger partial charge in [0, 0.05) is 31.6 Å². The molecule has 1 amide bonds. The van der Waals surface area contributed by atoms with E-state index in [1.54, 1.807) is 22.8 Å². The lowest BCUT2D eigenvalue weighted by atomic mass is 9.91. The molecule has 3 heterocycles. The quantitative estimate of drug-likeness (QED) is 0.803. The monoisotopic (exact) mass is 339 g/mol. The van der Waals surface area contributed by atoms with Gasteiger partial charge in [-0.3, -0.25) is 14.2 Å². The van der Waals surface area contributed by atoms with Gasteiger partial charge in [-0.05, 0) is 49.3 Å². The largest absolute Gasteiger partial charge is 0.338 e. The van der Waals surface area contributed by atoms with Crippen LogP contribution in [-0.4, -0.2) is 33.4 Å². The first kappa shape index (κ1) is 16.3. The predicted molar refractivity (Wildman–Crippen MR) is 97.8 cm³/mol. The number of benzene rings is 1. The van der Waals surface area contributed by atoms with Crippen molar-refractivity contribution in [1.29, 1.82) is 0 Å². The zero-order chi connectivity index (χ0) is 17.6. The van der Waals surface area contributed by atoms with Gasteiger partial charge in [-0.25, -0.2) is 4.98 Å². The number of amides is 1. The number of carbonyl (C=O) groups is 1. The Morgan fingerprint density at radius 1 is 1.16 bits per heavy atom. The van der Waals surface area contributed by atoms with Crippen LogP contribution in [0.4, 0.5) is 0 Å². The molecule has 1 saturated heterocycles. The van der Waals surface area contributed by atoms with Gasteiger partial charge in [0.05, 0.1) is 10.9 Å². The van der Waals surface area contributed by atoms with Gasteiger partial charge in [0.2, 0.25) is 0 Å². The number of fused-ring (bicyclic) bond motifs is 2.